The fraction of sp³-hybridized carbons (Fsp3) is 0.636. The summed E-state index contributed by atoms with van der Waals surface area (Å²) in [7, 11) is 0. The van der Waals surface area contributed by atoms with Gasteiger partial charge in [0.15, 0.2) is 0 Å². The molecule has 7 heteroatoms. The van der Waals surface area contributed by atoms with E-state index in [1.54, 1.807) is 0 Å². The number of nitriles is 1. The van der Waals surface area contributed by atoms with Crippen molar-refractivity contribution in [1.29, 1.82) is 5.26 Å². The lowest BCUT2D eigenvalue weighted by molar-refractivity contribution is 0.311. The first-order chi connectivity index (χ1) is 8.60. The molecule has 1 unspecified atom stereocenters. The number of hydrogen-bond donors (Lipinski definition) is 0. The lowest BCUT2D eigenvalue weighted by Crippen LogP contribution is -2.29. The first-order valence-electron chi connectivity index (χ1n) is 5.79. The van der Waals surface area contributed by atoms with Crippen molar-refractivity contribution in [2.45, 2.75) is 20.8 Å². The molecule has 0 aliphatic rings. The number of anilines is 1. The van der Waals surface area contributed by atoms with Gasteiger partial charge in [-0.3, -0.25) is 0 Å². The maximum absolute atomic E-state index is 8.84. The van der Waals surface area contributed by atoms with Crippen LogP contribution in [0.15, 0.2) is 0 Å². The molecule has 1 aromatic heterocycles. The summed E-state index contributed by atoms with van der Waals surface area (Å²) in [4.78, 5) is 14.0. The molecule has 0 fully saturated rings. The van der Waals surface area contributed by atoms with Crippen LogP contribution in [0.4, 0.5) is 5.95 Å². The van der Waals surface area contributed by atoms with Gasteiger partial charge in [-0.2, -0.15) is 20.2 Å². The van der Waals surface area contributed by atoms with Gasteiger partial charge >= 0.3 is 6.01 Å². The molecule has 0 saturated heterocycles. The average Bonchev–Trinajstić information content (AvgIpc) is 2.35. The highest BCUT2D eigenvalue weighted by Gasteiger charge is 2.14. The van der Waals surface area contributed by atoms with Crippen molar-refractivity contribution < 1.29 is 4.74 Å². The molecule has 0 aliphatic carbocycles. The molecule has 0 radical (unpaired) electrons. The van der Waals surface area contributed by atoms with Gasteiger partial charge in [0.05, 0.1) is 18.6 Å². The van der Waals surface area contributed by atoms with E-state index in [1.165, 1.54) is 0 Å². The Balaban J connectivity index is 2.94. The van der Waals surface area contributed by atoms with E-state index in [0.29, 0.717) is 25.6 Å². The first kappa shape index (κ1) is 14.5. The van der Waals surface area contributed by atoms with E-state index in [-0.39, 0.29) is 17.2 Å². The summed E-state index contributed by atoms with van der Waals surface area (Å²) in [5.74, 6) is 0.319. The Hall–Kier alpha value is -1.61. The lowest BCUT2D eigenvalue weighted by atomic mass is 10.2. The number of ether oxygens (including phenoxy) is 1. The standard InChI is InChI=1S/C11H16ClN5O/c1-4-17(7-8(3)6-13)10-14-9(12)15-11(16-10)18-5-2/h8H,4-5,7H2,1-3H3. The molecule has 0 saturated carbocycles. The Bertz CT molecular complexity index is 434. The summed E-state index contributed by atoms with van der Waals surface area (Å²) in [6.07, 6.45) is 0. The molecule has 1 rings (SSSR count). The van der Waals surface area contributed by atoms with Crippen LogP contribution in [0.5, 0.6) is 6.01 Å². The molecule has 0 bridgehead atoms. The third kappa shape index (κ3) is 4.00. The molecule has 0 aliphatic heterocycles. The zero-order valence-electron chi connectivity index (χ0n) is 10.7. The van der Waals surface area contributed by atoms with Crippen molar-refractivity contribution in [3.63, 3.8) is 0 Å². The summed E-state index contributed by atoms with van der Waals surface area (Å²) in [6, 6.07) is 2.38. The summed E-state index contributed by atoms with van der Waals surface area (Å²) in [6.45, 7) is 7.32. The van der Waals surface area contributed by atoms with Crippen LogP contribution in [-0.2, 0) is 0 Å². The highest BCUT2D eigenvalue weighted by Crippen LogP contribution is 2.16. The summed E-state index contributed by atoms with van der Waals surface area (Å²) >= 11 is 5.82. The van der Waals surface area contributed by atoms with Gasteiger partial charge < -0.3 is 9.64 Å². The Kier molecular flexibility index (Phi) is 5.59. The van der Waals surface area contributed by atoms with Crippen molar-refractivity contribution in [3.8, 4) is 12.1 Å². The number of hydrogen-bond acceptors (Lipinski definition) is 6. The summed E-state index contributed by atoms with van der Waals surface area (Å²) in [5, 5.41) is 8.93. The second-order valence-electron chi connectivity index (χ2n) is 3.69. The molecule has 0 amide bonds. The van der Waals surface area contributed by atoms with Gasteiger partial charge in [0.2, 0.25) is 11.2 Å². The molecule has 0 aromatic carbocycles. The maximum atomic E-state index is 8.84. The third-order valence-electron chi connectivity index (χ3n) is 2.23. The zero-order valence-corrected chi connectivity index (χ0v) is 11.5. The van der Waals surface area contributed by atoms with Crippen LogP contribution < -0.4 is 9.64 Å². The van der Waals surface area contributed by atoms with Gasteiger partial charge in [-0.25, -0.2) is 0 Å². The minimum atomic E-state index is -0.115. The van der Waals surface area contributed by atoms with Gasteiger partial charge in [-0.1, -0.05) is 0 Å². The number of rotatable bonds is 6. The number of halogens is 1. The van der Waals surface area contributed by atoms with Crippen LogP contribution >= 0.6 is 11.6 Å². The van der Waals surface area contributed by atoms with Gasteiger partial charge in [-0.15, -0.1) is 0 Å². The van der Waals surface area contributed by atoms with Crippen LogP contribution in [0.25, 0.3) is 0 Å². The summed E-state index contributed by atoms with van der Waals surface area (Å²) in [5.41, 5.74) is 0. The predicted molar refractivity (Wildman–Crippen MR) is 68.7 cm³/mol. The fourth-order valence-corrected chi connectivity index (χ4v) is 1.53. The van der Waals surface area contributed by atoms with E-state index in [2.05, 4.69) is 21.0 Å². The van der Waals surface area contributed by atoms with Crippen LogP contribution in [-0.4, -0.2) is 34.6 Å². The van der Waals surface area contributed by atoms with Gasteiger partial charge in [0.25, 0.3) is 0 Å². The topological polar surface area (TPSA) is 74.9 Å². The van der Waals surface area contributed by atoms with Gasteiger partial charge in [-0.05, 0) is 32.4 Å². The minimum Gasteiger partial charge on any atom is -0.464 e. The Morgan fingerprint density at radius 3 is 2.67 bits per heavy atom. The molecule has 0 spiro atoms. The highest BCUT2D eigenvalue weighted by atomic mass is 35.5. The predicted octanol–water partition coefficient (Wildman–Crippen LogP) is 1.91. The monoisotopic (exact) mass is 269 g/mol. The van der Waals surface area contributed by atoms with Crippen molar-refractivity contribution in [1.82, 2.24) is 15.0 Å². The van der Waals surface area contributed by atoms with E-state index in [0.717, 1.165) is 0 Å². The smallest absolute Gasteiger partial charge is 0.322 e. The van der Waals surface area contributed by atoms with Crippen molar-refractivity contribution in [2.75, 3.05) is 24.6 Å². The molecule has 18 heavy (non-hydrogen) atoms. The third-order valence-corrected chi connectivity index (χ3v) is 2.40. The Morgan fingerprint density at radius 1 is 1.39 bits per heavy atom. The second-order valence-corrected chi connectivity index (χ2v) is 4.03. The summed E-state index contributed by atoms with van der Waals surface area (Å²) < 4.78 is 5.21. The molecule has 1 heterocycles. The average molecular weight is 270 g/mol. The molecule has 6 nitrogen and oxygen atoms in total. The SMILES string of the molecule is CCOc1nc(Cl)nc(N(CC)CC(C)C#N)n1. The second kappa shape index (κ2) is 6.97. The quantitative estimate of drug-likeness (QED) is 0.785. The molecular formula is C11H16ClN5O. The number of nitrogens with zero attached hydrogens (tertiary/aromatic N) is 5. The molecule has 1 aromatic rings. The molecule has 98 valence electrons. The molecule has 1 atom stereocenters. The van der Waals surface area contributed by atoms with E-state index >= 15 is 0 Å². The van der Waals surface area contributed by atoms with Crippen molar-refractivity contribution in [2.24, 2.45) is 5.92 Å². The van der Waals surface area contributed by atoms with E-state index in [4.69, 9.17) is 21.6 Å². The van der Waals surface area contributed by atoms with Crippen LogP contribution in [0.1, 0.15) is 20.8 Å². The largest absolute Gasteiger partial charge is 0.464 e. The van der Waals surface area contributed by atoms with Gasteiger partial charge in [0.1, 0.15) is 0 Å². The van der Waals surface area contributed by atoms with Gasteiger partial charge in [0, 0.05) is 13.1 Å². The minimum absolute atomic E-state index is 0.0894. The zero-order chi connectivity index (χ0) is 13.5. The highest BCUT2D eigenvalue weighted by molar-refractivity contribution is 6.28. The fourth-order valence-electron chi connectivity index (χ4n) is 1.38. The first-order valence-corrected chi connectivity index (χ1v) is 6.17. The molecule has 0 N–H and O–H groups in total. The lowest BCUT2D eigenvalue weighted by Gasteiger charge is -2.21. The van der Waals surface area contributed by atoms with E-state index in [9.17, 15) is 0 Å². The van der Waals surface area contributed by atoms with Crippen LogP contribution in [0, 0.1) is 17.2 Å². The normalized spacial score (nSPS) is 11.7. The Labute approximate surface area is 112 Å². The van der Waals surface area contributed by atoms with Crippen molar-refractivity contribution in [3.05, 3.63) is 5.28 Å². The van der Waals surface area contributed by atoms with E-state index < -0.39 is 0 Å². The van der Waals surface area contributed by atoms with Crippen LogP contribution in [0.2, 0.25) is 5.28 Å². The van der Waals surface area contributed by atoms with Crippen LogP contribution in [0.3, 0.4) is 0 Å². The number of aromatic nitrogens is 3. The maximum Gasteiger partial charge on any atom is 0.322 e. The van der Waals surface area contributed by atoms with Crippen molar-refractivity contribution >= 4 is 17.5 Å². The molecular weight excluding hydrogens is 254 g/mol. The van der Waals surface area contributed by atoms with E-state index in [1.807, 2.05) is 25.7 Å². The Morgan fingerprint density at radius 2 is 2.11 bits per heavy atom.